The average molecular weight is 353 g/mol. The molecule has 1 atom stereocenters. The minimum Gasteiger partial charge on any atom is -0.383 e. The first-order valence-electron chi connectivity index (χ1n) is 5.14. The van der Waals surface area contributed by atoms with Crippen molar-refractivity contribution in [2.45, 2.75) is 19.9 Å². The first kappa shape index (κ1) is 13.9. The van der Waals surface area contributed by atoms with Crippen molar-refractivity contribution in [1.29, 1.82) is 0 Å². The molecule has 1 heterocycles. The second-order valence-corrected chi connectivity index (χ2v) is 6.34. The van der Waals surface area contributed by atoms with Gasteiger partial charge in [-0.1, -0.05) is 0 Å². The van der Waals surface area contributed by atoms with E-state index < -0.39 is 0 Å². The molecule has 0 radical (unpaired) electrons. The largest absolute Gasteiger partial charge is 0.383 e. The lowest BCUT2D eigenvalue weighted by Crippen LogP contribution is -2.40. The number of methoxy groups -OCH3 is 1. The van der Waals surface area contributed by atoms with E-state index in [9.17, 15) is 4.79 Å². The van der Waals surface area contributed by atoms with E-state index >= 15 is 0 Å². The summed E-state index contributed by atoms with van der Waals surface area (Å²) in [5.74, 6) is 0.0891. The molecule has 1 rings (SSSR count). The van der Waals surface area contributed by atoms with Crippen LogP contribution < -0.4 is 0 Å². The minimum atomic E-state index is 0.0891. The van der Waals surface area contributed by atoms with E-state index in [4.69, 9.17) is 4.74 Å². The van der Waals surface area contributed by atoms with Crippen LogP contribution in [0.3, 0.4) is 0 Å². The molecule has 90 valence electrons. The van der Waals surface area contributed by atoms with Gasteiger partial charge in [0, 0.05) is 19.0 Å². The van der Waals surface area contributed by atoms with Gasteiger partial charge in [0.05, 0.1) is 21.1 Å². The van der Waals surface area contributed by atoms with Crippen LogP contribution in [-0.2, 0) is 4.74 Å². The highest BCUT2D eigenvalue weighted by Crippen LogP contribution is 2.19. The van der Waals surface area contributed by atoms with Gasteiger partial charge in [0.1, 0.15) is 0 Å². The van der Waals surface area contributed by atoms with Crippen LogP contribution >= 0.6 is 33.9 Å². The third-order valence-electron chi connectivity index (χ3n) is 2.36. The van der Waals surface area contributed by atoms with Crippen LogP contribution in [0.1, 0.15) is 24.2 Å². The lowest BCUT2D eigenvalue weighted by molar-refractivity contribution is 0.0580. The first-order valence-corrected chi connectivity index (χ1v) is 7.10. The van der Waals surface area contributed by atoms with E-state index in [-0.39, 0.29) is 11.9 Å². The van der Waals surface area contributed by atoms with Crippen LogP contribution in [0, 0.1) is 2.88 Å². The Labute approximate surface area is 114 Å². The third-order valence-corrected chi connectivity index (χ3v) is 4.14. The summed E-state index contributed by atoms with van der Waals surface area (Å²) in [7, 11) is 1.66. The summed E-state index contributed by atoms with van der Waals surface area (Å²) in [6.07, 6.45) is 0. The maximum absolute atomic E-state index is 12.2. The number of ether oxygens (including phenoxy) is 1. The van der Waals surface area contributed by atoms with Gasteiger partial charge in [-0.3, -0.25) is 4.79 Å². The Balaban J connectivity index is 2.77. The molecular weight excluding hydrogens is 337 g/mol. The van der Waals surface area contributed by atoms with E-state index in [0.29, 0.717) is 13.2 Å². The second-order valence-electron chi connectivity index (χ2n) is 3.54. The molecule has 1 unspecified atom stereocenters. The Kier molecular flexibility index (Phi) is 5.71. The average Bonchev–Trinajstić information content (AvgIpc) is 2.66. The highest BCUT2D eigenvalue weighted by atomic mass is 127. The number of nitrogens with zero attached hydrogens (tertiary/aromatic N) is 1. The summed E-state index contributed by atoms with van der Waals surface area (Å²) in [4.78, 5) is 14.0. The standard InChI is InChI=1S/C11H16INO2S/c1-4-13(8(2)6-15-3)11(14)9-5-10(12)16-7-9/h5,7-8H,4,6H2,1-3H3. The van der Waals surface area contributed by atoms with Crippen molar-refractivity contribution in [3.05, 3.63) is 19.9 Å². The smallest absolute Gasteiger partial charge is 0.255 e. The van der Waals surface area contributed by atoms with Gasteiger partial charge in [-0.2, -0.15) is 0 Å². The Bertz CT molecular complexity index is 354. The fourth-order valence-corrected chi connectivity index (χ4v) is 2.89. The molecule has 0 saturated carbocycles. The maximum Gasteiger partial charge on any atom is 0.255 e. The Hall–Kier alpha value is -0.140. The highest BCUT2D eigenvalue weighted by Gasteiger charge is 2.20. The quantitative estimate of drug-likeness (QED) is 0.762. The summed E-state index contributed by atoms with van der Waals surface area (Å²) >= 11 is 3.82. The molecule has 1 amide bonds. The zero-order valence-electron chi connectivity index (χ0n) is 9.70. The number of carbonyl (C=O) groups is 1. The molecule has 0 aromatic carbocycles. The van der Waals surface area contributed by atoms with Crippen molar-refractivity contribution >= 4 is 39.8 Å². The lowest BCUT2D eigenvalue weighted by Gasteiger charge is -2.27. The number of halogens is 1. The number of amides is 1. The molecule has 0 fully saturated rings. The highest BCUT2D eigenvalue weighted by molar-refractivity contribution is 14.1. The van der Waals surface area contributed by atoms with Gasteiger partial charge in [0.25, 0.3) is 5.91 Å². The van der Waals surface area contributed by atoms with Gasteiger partial charge in [-0.15, -0.1) is 11.3 Å². The normalized spacial score (nSPS) is 12.5. The molecule has 0 aliphatic heterocycles. The van der Waals surface area contributed by atoms with Crippen molar-refractivity contribution in [2.75, 3.05) is 20.3 Å². The summed E-state index contributed by atoms with van der Waals surface area (Å²) in [6.45, 7) is 5.26. The molecule has 0 aliphatic rings. The number of hydrogen-bond acceptors (Lipinski definition) is 3. The molecular formula is C11H16INO2S. The summed E-state index contributed by atoms with van der Waals surface area (Å²) in [6, 6.07) is 2.04. The maximum atomic E-state index is 12.2. The molecule has 3 nitrogen and oxygen atoms in total. The predicted molar refractivity (Wildman–Crippen MR) is 75.1 cm³/mol. The van der Waals surface area contributed by atoms with Crippen molar-refractivity contribution in [2.24, 2.45) is 0 Å². The van der Waals surface area contributed by atoms with Gasteiger partial charge < -0.3 is 9.64 Å². The fourth-order valence-electron chi connectivity index (χ4n) is 1.57. The van der Waals surface area contributed by atoms with Crippen molar-refractivity contribution in [3.8, 4) is 0 Å². The number of likely N-dealkylation sites (N-methyl/N-ethyl adjacent to an activating group) is 1. The number of rotatable bonds is 5. The molecule has 1 aromatic heterocycles. The SMILES string of the molecule is CCN(C(=O)c1csc(I)c1)C(C)COC. The molecule has 0 N–H and O–H groups in total. The minimum absolute atomic E-state index is 0.0891. The van der Waals surface area contributed by atoms with Crippen molar-refractivity contribution in [3.63, 3.8) is 0 Å². The third kappa shape index (κ3) is 3.43. The van der Waals surface area contributed by atoms with E-state index in [2.05, 4.69) is 22.6 Å². The topological polar surface area (TPSA) is 29.5 Å². The Morgan fingerprint density at radius 1 is 1.69 bits per heavy atom. The zero-order chi connectivity index (χ0) is 12.1. The molecule has 0 saturated heterocycles. The molecule has 0 spiro atoms. The first-order chi connectivity index (χ1) is 7.60. The monoisotopic (exact) mass is 353 g/mol. The van der Waals surface area contributed by atoms with Gasteiger partial charge in [0.15, 0.2) is 0 Å². The van der Waals surface area contributed by atoms with Crippen LogP contribution in [0.5, 0.6) is 0 Å². The number of hydrogen-bond donors (Lipinski definition) is 0. The van der Waals surface area contributed by atoms with Crippen LogP contribution in [-0.4, -0.2) is 37.1 Å². The Morgan fingerprint density at radius 2 is 2.38 bits per heavy atom. The fraction of sp³-hybridized carbons (Fsp3) is 0.545. The molecule has 0 bridgehead atoms. The summed E-state index contributed by atoms with van der Waals surface area (Å²) in [5.41, 5.74) is 0.777. The van der Waals surface area contributed by atoms with Gasteiger partial charge in [-0.05, 0) is 42.5 Å². The van der Waals surface area contributed by atoms with Gasteiger partial charge >= 0.3 is 0 Å². The zero-order valence-corrected chi connectivity index (χ0v) is 12.7. The molecule has 0 aliphatic carbocycles. The van der Waals surface area contributed by atoms with E-state index in [1.54, 1.807) is 18.4 Å². The van der Waals surface area contributed by atoms with E-state index in [0.717, 1.165) is 8.45 Å². The molecule has 16 heavy (non-hydrogen) atoms. The van der Waals surface area contributed by atoms with Crippen LogP contribution in [0.25, 0.3) is 0 Å². The lowest BCUT2D eigenvalue weighted by atomic mass is 10.2. The van der Waals surface area contributed by atoms with Crippen LogP contribution in [0.2, 0.25) is 0 Å². The predicted octanol–water partition coefficient (Wildman–Crippen LogP) is 2.85. The number of thiophene rings is 1. The summed E-state index contributed by atoms with van der Waals surface area (Å²) in [5, 5.41) is 1.91. The van der Waals surface area contributed by atoms with Gasteiger partial charge in [0.2, 0.25) is 0 Å². The molecule has 5 heteroatoms. The number of carbonyl (C=O) groups excluding carboxylic acids is 1. The van der Waals surface area contributed by atoms with Crippen molar-refractivity contribution in [1.82, 2.24) is 4.90 Å². The Morgan fingerprint density at radius 3 is 2.81 bits per heavy atom. The van der Waals surface area contributed by atoms with Crippen LogP contribution in [0.15, 0.2) is 11.4 Å². The second kappa shape index (κ2) is 6.56. The van der Waals surface area contributed by atoms with Crippen molar-refractivity contribution < 1.29 is 9.53 Å². The van der Waals surface area contributed by atoms with Gasteiger partial charge in [-0.25, -0.2) is 0 Å². The van der Waals surface area contributed by atoms with E-state index in [1.807, 2.05) is 30.2 Å². The van der Waals surface area contributed by atoms with E-state index in [1.165, 1.54) is 0 Å². The van der Waals surface area contributed by atoms with Crippen LogP contribution in [0.4, 0.5) is 0 Å². The summed E-state index contributed by atoms with van der Waals surface area (Å²) < 4.78 is 6.22. The molecule has 1 aromatic rings.